The standard InChI is InChI=1S/C11H17N3O3/c1-3-16-7-8(2)17-9-5-4-6-13-10(9)11(12)14-15/h4-6,8,15H,3,7H2,1-2H3,(H2,12,14). The highest BCUT2D eigenvalue weighted by atomic mass is 16.5. The van der Waals surface area contributed by atoms with Gasteiger partial charge in [0.2, 0.25) is 0 Å². The van der Waals surface area contributed by atoms with Crippen molar-refractivity contribution in [3.8, 4) is 5.75 Å². The molecule has 0 aromatic carbocycles. The van der Waals surface area contributed by atoms with Crippen molar-refractivity contribution < 1.29 is 14.7 Å². The summed E-state index contributed by atoms with van der Waals surface area (Å²) >= 11 is 0. The molecule has 1 aromatic heterocycles. The van der Waals surface area contributed by atoms with Gasteiger partial charge in [-0.3, -0.25) is 0 Å². The Labute approximate surface area is 100 Å². The minimum Gasteiger partial charge on any atom is -0.486 e. The second-order valence-electron chi connectivity index (χ2n) is 3.42. The number of oxime groups is 1. The lowest BCUT2D eigenvalue weighted by Crippen LogP contribution is -2.22. The maximum absolute atomic E-state index is 8.63. The van der Waals surface area contributed by atoms with Crippen molar-refractivity contribution in [3.05, 3.63) is 24.0 Å². The van der Waals surface area contributed by atoms with Crippen LogP contribution in [0.15, 0.2) is 23.5 Å². The van der Waals surface area contributed by atoms with Crippen LogP contribution in [0.3, 0.4) is 0 Å². The molecule has 0 amide bonds. The van der Waals surface area contributed by atoms with Crippen LogP contribution in [-0.4, -0.2) is 35.3 Å². The average Bonchev–Trinajstić information content (AvgIpc) is 2.36. The van der Waals surface area contributed by atoms with E-state index in [1.165, 1.54) is 0 Å². The Balaban J connectivity index is 2.76. The van der Waals surface area contributed by atoms with E-state index < -0.39 is 0 Å². The summed E-state index contributed by atoms with van der Waals surface area (Å²) in [7, 11) is 0. The molecule has 3 N–H and O–H groups in total. The fourth-order valence-electron chi connectivity index (χ4n) is 1.26. The SMILES string of the molecule is CCOCC(C)Oc1cccnc1/C(N)=N/O. The molecular formula is C11H17N3O3. The first-order chi connectivity index (χ1) is 8.19. The molecule has 94 valence electrons. The van der Waals surface area contributed by atoms with Crippen molar-refractivity contribution in [2.24, 2.45) is 10.9 Å². The number of aromatic nitrogens is 1. The summed E-state index contributed by atoms with van der Waals surface area (Å²) in [5.74, 6) is 0.388. The summed E-state index contributed by atoms with van der Waals surface area (Å²) in [5.41, 5.74) is 5.82. The van der Waals surface area contributed by atoms with Gasteiger partial charge in [0.05, 0.1) is 6.61 Å². The monoisotopic (exact) mass is 239 g/mol. The lowest BCUT2D eigenvalue weighted by Gasteiger charge is -2.16. The smallest absolute Gasteiger partial charge is 0.192 e. The van der Waals surface area contributed by atoms with Crippen molar-refractivity contribution in [3.63, 3.8) is 0 Å². The zero-order valence-corrected chi connectivity index (χ0v) is 9.96. The molecule has 0 bridgehead atoms. The summed E-state index contributed by atoms with van der Waals surface area (Å²) in [5, 5.41) is 11.5. The first kappa shape index (κ1) is 13.2. The molecule has 17 heavy (non-hydrogen) atoms. The van der Waals surface area contributed by atoms with Crippen LogP contribution < -0.4 is 10.5 Å². The predicted molar refractivity (Wildman–Crippen MR) is 63.3 cm³/mol. The summed E-state index contributed by atoms with van der Waals surface area (Å²) in [6, 6.07) is 3.43. The van der Waals surface area contributed by atoms with Gasteiger partial charge in [-0.25, -0.2) is 4.98 Å². The highest BCUT2D eigenvalue weighted by Crippen LogP contribution is 2.16. The normalized spacial score (nSPS) is 13.4. The van der Waals surface area contributed by atoms with E-state index in [4.69, 9.17) is 20.4 Å². The molecule has 1 atom stereocenters. The Kier molecular flexibility index (Phi) is 5.22. The lowest BCUT2D eigenvalue weighted by molar-refractivity contribution is 0.0654. The number of rotatable bonds is 6. The van der Waals surface area contributed by atoms with E-state index in [1.54, 1.807) is 18.3 Å². The van der Waals surface area contributed by atoms with E-state index in [-0.39, 0.29) is 11.9 Å². The number of hydrogen-bond acceptors (Lipinski definition) is 5. The molecule has 0 radical (unpaired) electrons. The van der Waals surface area contributed by atoms with Crippen LogP contribution in [0.1, 0.15) is 19.5 Å². The summed E-state index contributed by atoms with van der Waals surface area (Å²) in [6.07, 6.45) is 1.41. The molecule has 0 spiro atoms. The fourth-order valence-corrected chi connectivity index (χ4v) is 1.26. The molecule has 1 aromatic rings. The molecule has 1 unspecified atom stereocenters. The molecule has 1 rings (SSSR count). The van der Waals surface area contributed by atoms with Gasteiger partial charge < -0.3 is 20.4 Å². The second kappa shape index (κ2) is 6.70. The van der Waals surface area contributed by atoms with Gasteiger partial charge in [-0.1, -0.05) is 5.16 Å². The van der Waals surface area contributed by atoms with Crippen LogP contribution in [-0.2, 0) is 4.74 Å². The molecule has 6 heteroatoms. The molecule has 0 aliphatic carbocycles. The first-order valence-electron chi connectivity index (χ1n) is 5.36. The average molecular weight is 239 g/mol. The maximum Gasteiger partial charge on any atom is 0.192 e. The third-order valence-electron chi connectivity index (χ3n) is 2.01. The van der Waals surface area contributed by atoms with Crippen molar-refractivity contribution in [2.45, 2.75) is 20.0 Å². The van der Waals surface area contributed by atoms with Gasteiger partial charge in [-0.2, -0.15) is 0 Å². The molecule has 0 aliphatic rings. The van der Waals surface area contributed by atoms with Crippen molar-refractivity contribution in [1.82, 2.24) is 4.98 Å². The van der Waals surface area contributed by atoms with Crippen molar-refractivity contribution >= 4 is 5.84 Å². The van der Waals surface area contributed by atoms with Crippen LogP contribution in [0.5, 0.6) is 5.75 Å². The molecule has 1 heterocycles. The number of pyridine rings is 1. The van der Waals surface area contributed by atoms with Crippen LogP contribution in [0.25, 0.3) is 0 Å². The van der Waals surface area contributed by atoms with Gasteiger partial charge in [0.25, 0.3) is 0 Å². The summed E-state index contributed by atoms with van der Waals surface area (Å²) < 4.78 is 10.8. The zero-order chi connectivity index (χ0) is 12.7. The largest absolute Gasteiger partial charge is 0.486 e. The fraction of sp³-hybridized carbons (Fsp3) is 0.455. The van der Waals surface area contributed by atoms with E-state index in [2.05, 4.69) is 10.1 Å². The predicted octanol–water partition coefficient (Wildman–Crippen LogP) is 0.980. The lowest BCUT2D eigenvalue weighted by atomic mass is 10.3. The highest BCUT2D eigenvalue weighted by Gasteiger charge is 2.12. The summed E-state index contributed by atoms with van der Waals surface area (Å²) in [4.78, 5) is 4.00. The van der Waals surface area contributed by atoms with Gasteiger partial charge >= 0.3 is 0 Å². The number of ether oxygens (including phenoxy) is 2. The topological polar surface area (TPSA) is 90.0 Å². The third kappa shape index (κ3) is 3.92. The zero-order valence-electron chi connectivity index (χ0n) is 9.96. The maximum atomic E-state index is 8.63. The van der Waals surface area contributed by atoms with Gasteiger partial charge in [0, 0.05) is 12.8 Å². The van der Waals surface area contributed by atoms with Crippen LogP contribution in [0.2, 0.25) is 0 Å². The van der Waals surface area contributed by atoms with Gasteiger partial charge in [-0.05, 0) is 26.0 Å². The second-order valence-corrected chi connectivity index (χ2v) is 3.42. The Morgan fingerprint density at radius 2 is 2.41 bits per heavy atom. The minimum atomic E-state index is -0.135. The molecule has 0 aliphatic heterocycles. The van der Waals surface area contributed by atoms with E-state index >= 15 is 0 Å². The molecular weight excluding hydrogens is 222 g/mol. The van der Waals surface area contributed by atoms with Crippen LogP contribution >= 0.6 is 0 Å². The van der Waals surface area contributed by atoms with Gasteiger partial charge in [0.1, 0.15) is 11.9 Å². The molecule has 0 saturated carbocycles. The highest BCUT2D eigenvalue weighted by molar-refractivity contribution is 5.97. The Hall–Kier alpha value is -1.82. The van der Waals surface area contributed by atoms with Gasteiger partial charge in [0.15, 0.2) is 11.5 Å². The number of nitrogens with zero attached hydrogens (tertiary/aromatic N) is 2. The Morgan fingerprint density at radius 1 is 1.65 bits per heavy atom. The van der Waals surface area contributed by atoms with Crippen molar-refractivity contribution in [1.29, 1.82) is 0 Å². The van der Waals surface area contributed by atoms with Crippen LogP contribution in [0, 0.1) is 0 Å². The number of hydrogen-bond donors (Lipinski definition) is 2. The van der Waals surface area contributed by atoms with E-state index in [0.717, 1.165) is 0 Å². The van der Waals surface area contributed by atoms with Gasteiger partial charge in [-0.15, -0.1) is 0 Å². The van der Waals surface area contributed by atoms with Crippen molar-refractivity contribution in [2.75, 3.05) is 13.2 Å². The minimum absolute atomic E-state index is 0.0794. The van der Waals surface area contributed by atoms with Crippen LogP contribution in [0.4, 0.5) is 0 Å². The molecule has 0 fully saturated rings. The third-order valence-corrected chi connectivity index (χ3v) is 2.01. The Bertz CT molecular complexity index is 382. The number of nitrogens with two attached hydrogens (primary N) is 1. The number of amidine groups is 1. The Morgan fingerprint density at radius 3 is 3.06 bits per heavy atom. The molecule has 6 nitrogen and oxygen atoms in total. The molecule has 0 saturated heterocycles. The van der Waals surface area contributed by atoms with E-state index in [9.17, 15) is 0 Å². The van der Waals surface area contributed by atoms with E-state index in [1.807, 2.05) is 13.8 Å². The quantitative estimate of drug-likeness (QED) is 0.334. The van der Waals surface area contributed by atoms with E-state index in [0.29, 0.717) is 24.7 Å². The summed E-state index contributed by atoms with van der Waals surface area (Å²) in [6.45, 7) is 4.90. The first-order valence-corrected chi connectivity index (χ1v) is 5.36.